The minimum absolute atomic E-state index is 0.403. The maximum atomic E-state index is 13.4. The molecule has 0 N–H and O–H groups in total. The molecule has 0 aromatic heterocycles. The molecule has 0 bridgehead atoms. The van der Waals surface area contributed by atoms with Crippen LogP contribution in [-0.4, -0.2) is 36.7 Å². The Morgan fingerprint density at radius 3 is 1.69 bits per heavy atom. The van der Waals surface area contributed by atoms with Crippen molar-refractivity contribution in [2.45, 2.75) is 30.4 Å². The second-order valence-corrected chi connectivity index (χ2v) is 6.12. The smallest absolute Gasteiger partial charge is 0.292 e. The minimum atomic E-state index is -6.87. The predicted octanol–water partition coefficient (Wildman–Crippen LogP) is 6.63. The number of hydrogen-bond donors (Lipinski definition) is 0. The summed E-state index contributed by atoms with van der Waals surface area (Å²) < 4.78 is 115. The first kappa shape index (κ1) is 22.8. The lowest BCUT2D eigenvalue weighted by Gasteiger charge is -2.33. The summed E-state index contributed by atoms with van der Waals surface area (Å²) in [5.41, 5.74) is 2.15. The van der Waals surface area contributed by atoms with Gasteiger partial charge in [0.15, 0.2) is 0 Å². The highest BCUT2D eigenvalue weighted by atomic mass is 19.4. The van der Waals surface area contributed by atoms with Crippen LogP contribution in [0.2, 0.25) is 0 Å². The summed E-state index contributed by atoms with van der Waals surface area (Å²) in [6, 6.07) is 15.6. The topological polar surface area (TPSA) is 12.4 Å². The Labute approximate surface area is 159 Å². The van der Waals surface area contributed by atoms with E-state index >= 15 is 0 Å². The van der Waals surface area contributed by atoms with Crippen LogP contribution >= 0.6 is 0 Å². The summed E-state index contributed by atoms with van der Waals surface area (Å²) in [4.78, 5) is 3.42. The number of nitrogens with zero attached hydrogens (tertiary/aromatic N) is 1. The molecule has 0 amide bonds. The van der Waals surface area contributed by atoms with Crippen LogP contribution in [0.4, 0.5) is 39.5 Å². The van der Waals surface area contributed by atoms with E-state index in [9.17, 15) is 39.5 Å². The van der Waals surface area contributed by atoms with Crippen molar-refractivity contribution in [1.29, 1.82) is 0 Å². The van der Waals surface area contributed by atoms with Gasteiger partial charge in [0, 0.05) is 19.2 Å². The molecule has 158 valence electrons. The van der Waals surface area contributed by atoms with Gasteiger partial charge in [0.2, 0.25) is 0 Å². The van der Waals surface area contributed by atoms with Gasteiger partial charge in [-0.3, -0.25) is 4.99 Å². The summed E-state index contributed by atoms with van der Waals surface area (Å²) in [5, 5.41) is 0. The summed E-state index contributed by atoms with van der Waals surface area (Å²) in [5.74, 6) is -19.1. The number of halogens is 9. The van der Waals surface area contributed by atoms with E-state index in [1.807, 2.05) is 30.3 Å². The van der Waals surface area contributed by atoms with E-state index in [1.54, 1.807) is 24.3 Å². The summed E-state index contributed by atoms with van der Waals surface area (Å²) in [6.07, 6.45) is -7.77. The molecule has 2 aromatic rings. The van der Waals surface area contributed by atoms with Gasteiger partial charge in [0.1, 0.15) is 0 Å². The predicted molar refractivity (Wildman–Crippen MR) is 89.9 cm³/mol. The number of rotatable bonds is 7. The molecular weight excluding hydrogens is 413 g/mol. The van der Waals surface area contributed by atoms with Crippen molar-refractivity contribution in [2.24, 2.45) is 4.99 Å². The van der Waals surface area contributed by atoms with E-state index < -0.39 is 36.9 Å². The van der Waals surface area contributed by atoms with Crippen LogP contribution in [0, 0.1) is 0 Å². The van der Waals surface area contributed by atoms with Gasteiger partial charge in [0.05, 0.1) is 0 Å². The lowest BCUT2D eigenvalue weighted by molar-refractivity contribution is -0.396. The van der Waals surface area contributed by atoms with Crippen LogP contribution in [0.5, 0.6) is 0 Å². The average molecular weight is 427 g/mol. The molecule has 1 nitrogen and oxygen atoms in total. The molecule has 0 aliphatic carbocycles. The molecule has 0 heterocycles. The summed E-state index contributed by atoms with van der Waals surface area (Å²) >= 11 is 0. The van der Waals surface area contributed by atoms with Gasteiger partial charge in [-0.1, -0.05) is 54.6 Å². The fraction of sp³-hybridized carbons (Fsp3) is 0.316. The normalized spacial score (nSPS) is 13.8. The van der Waals surface area contributed by atoms with Crippen molar-refractivity contribution in [1.82, 2.24) is 0 Å². The molecule has 0 aliphatic heterocycles. The molecule has 0 aliphatic rings. The van der Waals surface area contributed by atoms with Crippen molar-refractivity contribution in [3.63, 3.8) is 0 Å². The SMILES string of the molecule is FC(F)(F)C(F)(F)C(F)(F)C(F)(F)CCN=Cc1ccc(-c2ccccc2)cc1. The van der Waals surface area contributed by atoms with Crippen LogP contribution in [-0.2, 0) is 0 Å². The van der Waals surface area contributed by atoms with Crippen LogP contribution in [0.25, 0.3) is 11.1 Å². The zero-order valence-corrected chi connectivity index (χ0v) is 14.5. The fourth-order valence-electron chi connectivity index (χ4n) is 2.33. The second-order valence-electron chi connectivity index (χ2n) is 6.12. The molecule has 2 aromatic carbocycles. The molecule has 0 unspecified atom stereocenters. The molecule has 29 heavy (non-hydrogen) atoms. The van der Waals surface area contributed by atoms with Gasteiger partial charge >= 0.3 is 23.9 Å². The lowest BCUT2D eigenvalue weighted by atomic mass is 10.0. The molecular formula is C19H14F9N. The zero-order valence-electron chi connectivity index (χ0n) is 14.5. The third kappa shape index (κ3) is 4.73. The van der Waals surface area contributed by atoms with E-state index in [0.29, 0.717) is 5.56 Å². The fourth-order valence-corrected chi connectivity index (χ4v) is 2.33. The third-order valence-corrected chi connectivity index (χ3v) is 4.02. The van der Waals surface area contributed by atoms with Crippen LogP contribution in [0.3, 0.4) is 0 Å². The van der Waals surface area contributed by atoms with Crippen molar-refractivity contribution in [3.05, 3.63) is 60.2 Å². The minimum Gasteiger partial charge on any atom is -0.292 e. The van der Waals surface area contributed by atoms with E-state index in [0.717, 1.165) is 17.3 Å². The molecule has 0 fully saturated rings. The highest BCUT2D eigenvalue weighted by molar-refractivity contribution is 5.81. The summed E-state index contributed by atoms with van der Waals surface area (Å²) in [6.45, 7) is -1.07. The first-order valence-corrected chi connectivity index (χ1v) is 8.15. The monoisotopic (exact) mass is 427 g/mol. The molecule has 0 saturated carbocycles. The highest BCUT2D eigenvalue weighted by Gasteiger charge is 2.81. The number of aliphatic imine (C=N–C) groups is 1. The zero-order chi connectivity index (χ0) is 21.9. The Kier molecular flexibility index (Phi) is 6.34. The maximum absolute atomic E-state index is 13.4. The number of alkyl halides is 9. The van der Waals surface area contributed by atoms with Gasteiger partial charge in [-0.15, -0.1) is 0 Å². The van der Waals surface area contributed by atoms with Gasteiger partial charge in [0.25, 0.3) is 0 Å². The summed E-state index contributed by atoms with van der Waals surface area (Å²) in [7, 11) is 0. The van der Waals surface area contributed by atoms with Gasteiger partial charge < -0.3 is 0 Å². The molecule has 2 rings (SSSR count). The first-order valence-electron chi connectivity index (χ1n) is 8.15. The third-order valence-electron chi connectivity index (χ3n) is 4.02. The Morgan fingerprint density at radius 2 is 1.17 bits per heavy atom. The maximum Gasteiger partial charge on any atom is 0.460 e. The number of benzene rings is 2. The standard InChI is InChI=1S/C19H14F9N/c20-16(21,17(22,23)18(24,25)19(26,27)28)10-11-29-12-13-6-8-15(9-7-13)14-4-2-1-3-5-14/h1-9,12H,10-11H2. The van der Waals surface area contributed by atoms with Gasteiger partial charge in [-0.05, 0) is 16.7 Å². The van der Waals surface area contributed by atoms with E-state index in [2.05, 4.69) is 4.99 Å². The first-order chi connectivity index (χ1) is 13.3. The molecule has 0 atom stereocenters. The second kappa shape index (κ2) is 8.08. The number of hydrogen-bond acceptors (Lipinski definition) is 1. The van der Waals surface area contributed by atoms with Gasteiger partial charge in [-0.25, -0.2) is 0 Å². The van der Waals surface area contributed by atoms with Crippen molar-refractivity contribution >= 4 is 6.21 Å². The molecule has 0 spiro atoms. The van der Waals surface area contributed by atoms with Crippen molar-refractivity contribution in [3.8, 4) is 11.1 Å². The van der Waals surface area contributed by atoms with E-state index in [-0.39, 0.29) is 0 Å². The highest BCUT2D eigenvalue weighted by Crippen LogP contribution is 2.53. The molecule has 10 heteroatoms. The van der Waals surface area contributed by atoms with Crippen molar-refractivity contribution in [2.75, 3.05) is 6.54 Å². The van der Waals surface area contributed by atoms with Crippen LogP contribution in [0.1, 0.15) is 12.0 Å². The Hall–Kier alpha value is -2.52. The molecule has 0 radical (unpaired) electrons. The molecule has 0 saturated heterocycles. The largest absolute Gasteiger partial charge is 0.460 e. The van der Waals surface area contributed by atoms with Crippen molar-refractivity contribution < 1.29 is 39.5 Å². The Bertz CT molecular complexity index is 825. The van der Waals surface area contributed by atoms with E-state index in [1.165, 1.54) is 0 Å². The Balaban J connectivity index is 2.02. The quantitative estimate of drug-likeness (QED) is 0.347. The van der Waals surface area contributed by atoms with Crippen LogP contribution in [0.15, 0.2) is 59.6 Å². The lowest BCUT2D eigenvalue weighted by Crippen LogP contribution is -2.60. The Morgan fingerprint density at radius 1 is 0.655 bits per heavy atom. The van der Waals surface area contributed by atoms with Gasteiger partial charge in [-0.2, -0.15) is 39.5 Å². The van der Waals surface area contributed by atoms with E-state index in [4.69, 9.17) is 0 Å². The van der Waals surface area contributed by atoms with Crippen LogP contribution < -0.4 is 0 Å². The average Bonchev–Trinajstić information content (AvgIpc) is 2.65.